The molecule has 1 rings (SSSR count). The molecule has 0 bridgehead atoms. The normalized spacial score (nSPS) is 12.1. The summed E-state index contributed by atoms with van der Waals surface area (Å²) in [6, 6.07) is 7.58. The molecular weight excluding hydrogens is 280 g/mol. The van der Waals surface area contributed by atoms with Crippen molar-refractivity contribution in [2.75, 3.05) is 5.32 Å². The molecule has 17 heavy (non-hydrogen) atoms. The van der Waals surface area contributed by atoms with Crippen LogP contribution in [0.2, 0.25) is 0 Å². The molecule has 0 radical (unpaired) electrons. The van der Waals surface area contributed by atoms with Gasteiger partial charge in [-0.3, -0.25) is 0 Å². The summed E-state index contributed by atoms with van der Waals surface area (Å²) in [5.41, 5.74) is -0.154. The van der Waals surface area contributed by atoms with Crippen LogP contribution in [-0.4, -0.2) is 16.2 Å². The van der Waals surface area contributed by atoms with E-state index in [1.54, 1.807) is 19.9 Å². The van der Waals surface area contributed by atoms with E-state index in [0.717, 1.165) is 10.2 Å². The molecule has 0 amide bonds. The molecule has 2 N–H and O–H groups in total. The first-order valence-electron chi connectivity index (χ1n) is 5.37. The van der Waals surface area contributed by atoms with Gasteiger partial charge < -0.3 is 10.4 Å². The lowest BCUT2D eigenvalue weighted by Crippen LogP contribution is -2.51. The minimum absolute atomic E-state index is 0.535. The number of nitriles is 1. The van der Waals surface area contributed by atoms with E-state index in [0.29, 0.717) is 5.56 Å². The second-order valence-electron chi connectivity index (χ2n) is 5.11. The van der Waals surface area contributed by atoms with Crippen molar-refractivity contribution in [3.05, 3.63) is 28.2 Å². The number of rotatable bonds is 3. The van der Waals surface area contributed by atoms with Crippen LogP contribution in [0.3, 0.4) is 0 Å². The van der Waals surface area contributed by atoms with Crippen LogP contribution in [-0.2, 0) is 0 Å². The summed E-state index contributed by atoms with van der Waals surface area (Å²) in [6.07, 6.45) is 0. The number of benzene rings is 1. The first kappa shape index (κ1) is 14.0. The molecule has 1 aromatic rings. The van der Waals surface area contributed by atoms with Crippen molar-refractivity contribution >= 4 is 21.6 Å². The molecule has 4 heteroatoms. The summed E-state index contributed by atoms with van der Waals surface area (Å²) < 4.78 is 0.862. The number of hydrogen-bond acceptors (Lipinski definition) is 3. The summed E-state index contributed by atoms with van der Waals surface area (Å²) in [7, 11) is 0. The molecule has 0 aliphatic carbocycles. The van der Waals surface area contributed by atoms with Crippen LogP contribution in [0.1, 0.15) is 33.3 Å². The van der Waals surface area contributed by atoms with Gasteiger partial charge in [-0.15, -0.1) is 0 Å². The Morgan fingerprint density at radius 3 is 2.35 bits per heavy atom. The van der Waals surface area contributed by atoms with Crippen LogP contribution in [0.4, 0.5) is 5.69 Å². The summed E-state index contributed by atoms with van der Waals surface area (Å²) in [5.74, 6) is 0. The lowest BCUT2D eigenvalue weighted by molar-refractivity contribution is 0.0240. The van der Waals surface area contributed by atoms with Gasteiger partial charge in [0.1, 0.15) is 6.07 Å². The van der Waals surface area contributed by atoms with E-state index in [9.17, 15) is 5.11 Å². The second kappa shape index (κ2) is 4.67. The smallest absolute Gasteiger partial charge is 0.101 e. The summed E-state index contributed by atoms with van der Waals surface area (Å²) in [4.78, 5) is 0. The minimum atomic E-state index is -0.896. The fraction of sp³-hybridized carbons (Fsp3) is 0.462. The molecule has 0 saturated heterocycles. The van der Waals surface area contributed by atoms with Gasteiger partial charge in [-0.05, 0) is 45.9 Å². The Morgan fingerprint density at radius 1 is 1.29 bits per heavy atom. The van der Waals surface area contributed by atoms with E-state index < -0.39 is 11.1 Å². The van der Waals surface area contributed by atoms with Gasteiger partial charge in [0.05, 0.1) is 22.4 Å². The van der Waals surface area contributed by atoms with E-state index in [4.69, 9.17) is 5.26 Å². The van der Waals surface area contributed by atoms with Crippen LogP contribution in [0.25, 0.3) is 0 Å². The number of nitrogens with zero attached hydrogens (tertiary/aromatic N) is 1. The standard InChI is InChI=1S/C13H17BrN2O/c1-12(2,13(3,4)17)16-11-6-5-10(14)7-9(11)8-15/h5-7,16-17H,1-4H3. The maximum Gasteiger partial charge on any atom is 0.101 e. The second-order valence-corrected chi connectivity index (χ2v) is 6.03. The Bertz CT molecular complexity index is 455. The predicted octanol–water partition coefficient (Wildman–Crippen LogP) is 3.28. The van der Waals surface area contributed by atoms with Gasteiger partial charge in [0.15, 0.2) is 0 Å². The number of halogens is 1. The number of hydrogen-bond donors (Lipinski definition) is 2. The maximum atomic E-state index is 10.1. The van der Waals surface area contributed by atoms with Crippen LogP contribution in [0.5, 0.6) is 0 Å². The fourth-order valence-corrected chi connectivity index (χ4v) is 1.57. The highest BCUT2D eigenvalue weighted by atomic mass is 79.9. The van der Waals surface area contributed by atoms with Crippen molar-refractivity contribution < 1.29 is 5.11 Å². The molecule has 0 atom stereocenters. The van der Waals surface area contributed by atoms with Gasteiger partial charge in [0.2, 0.25) is 0 Å². The lowest BCUT2D eigenvalue weighted by Gasteiger charge is -2.39. The molecule has 0 aliphatic heterocycles. The zero-order valence-corrected chi connectivity index (χ0v) is 12.1. The van der Waals surface area contributed by atoms with E-state index in [-0.39, 0.29) is 0 Å². The Balaban J connectivity index is 3.09. The van der Waals surface area contributed by atoms with Gasteiger partial charge in [0, 0.05) is 4.47 Å². The third-order valence-electron chi connectivity index (χ3n) is 3.08. The zero-order chi connectivity index (χ0) is 13.3. The minimum Gasteiger partial charge on any atom is -0.388 e. The van der Waals surface area contributed by atoms with Gasteiger partial charge in [-0.1, -0.05) is 15.9 Å². The van der Waals surface area contributed by atoms with E-state index in [1.165, 1.54) is 0 Å². The topological polar surface area (TPSA) is 56.0 Å². The van der Waals surface area contributed by atoms with Gasteiger partial charge in [-0.2, -0.15) is 5.26 Å². The average molecular weight is 297 g/mol. The molecule has 0 fully saturated rings. The highest BCUT2D eigenvalue weighted by Gasteiger charge is 2.35. The summed E-state index contributed by atoms with van der Waals surface area (Å²) >= 11 is 3.33. The van der Waals surface area contributed by atoms with Crippen LogP contribution >= 0.6 is 15.9 Å². The quantitative estimate of drug-likeness (QED) is 0.900. The van der Waals surface area contributed by atoms with Crippen LogP contribution in [0.15, 0.2) is 22.7 Å². The third kappa shape index (κ3) is 3.21. The third-order valence-corrected chi connectivity index (χ3v) is 3.57. The first-order valence-corrected chi connectivity index (χ1v) is 6.17. The average Bonchev–Trinajstić information content (AvgIpc) is 2.18. The van der Waals surface area contributed by atoms with Gasteiger partial charge in [0.25, 0.3) is 0 Å². The number of nitrogens with one attached hydrogen (secondary N) is 1. The molecule has 0 unspecified atom stereocenters. The van der Waals surface area contributed by atoms with E-state index >= 15 is 0 Å². The lowest BCUT2D eigenvalue weighted by atomic mass is 9.85. The molecule has 1 aromatic carbocycles. The molecule has 0 spiro atoms. The van der Waals surface area contributed by atoms with Gasteiger partial charge >= 0.3 is 0 Å². The molecule has 0 aliphatic rings. The van der Waals surface area contributed by atoms with Gasteiger partial charge in [-0.25, -0.2) is 0 Å². The Kier molecular flexibility index (Phi) is 3.85. The molecule has 92 valence electrons. The van der Waals surface area contributed by atoms with Crippen molar-refractivity contribution in [1.82, 2.24) is 0 Å². The SMILES string of the molecule is CC(C)(O)C(C)(C)Nc1ccc(Br)cc1C#N. The highest BCUT2D eigenvalue weighted by Crippen LogP contribution is 2.28. The summed E-state index contributed by atoms with van der Waals surface area (Å²) in [6.45, 7) is 7.28. The number of anilines is 1. The fourth-order valence-electron chi connectivity index (χ4n) is 1.21. The molecular formula is C13H17BrN2O. The van der Waals surface area contributed by atoms with Crippen LogP contribution < -0.4 is 5.32 Å². The number of aliphatic hydroxyl groups is 1. The Hall–Kier alpha value is -1.05. The monoisotopic (exact) mass is 296 g/mol. The van der Waals surface area contributed by atoms with E-state index in [2.05, 4.69) is 27.3 Å². The van der Waals surface area contributed by atoms with E-state index in [1.807, 2.05) is 26.0 Å². The summed E-state index contributed by atoms with van der Waals surface area (Å²) in [5, 5.41) is 22.4. The zero-order valence-electron chi connectivity index (χ0n) is 10.5. The van der Waals surface area contributed by atoms with Crippen LogP contribution in [0, 0.1) is 11.3 Å². The Labute approximate surface area is 111 Å². The Morgan fingerprint density at radius 2 is 1.88 bits per heavy atom. The predicted molar refractivity (Wildman–Crippen MR) is 72.9 cm³/mol. The highest BCUT2D eigenvalue weighted by molar-refractivity contribution is 9.10. The van der Waals surface area contributed by atoms with Crippen molar-refractivity contribution in [2.24, 2.45) is 0 Å². The van der Waals surface area contributed by atoms with Crippen molar-refractivity contribution in [1.29, 1.82) is 5.26 Å². The molecule has 0 saturated carbocycles. The maximum absolute atomic E-state index is 10.1. The molecule has 3 nitrogen and oxygen atoms in total. The largest absolute Gasteiger partial charge is 0.388 e. The van der Waals surface area contributed by atoms with Crippen molar-refractivity contribution in [3.8, 4) is 6.07 Å². The van der Waals surface area contributed by atoms with Crippen molar-refractivity contribution in [2.45, 2.75) is 38.8 Å². The molecule has 0 heterocycles. The molecule has 0 aromatic heterocycles. The van der Waals surface area contributed by atoms with Crippen molar-refractivity contribution in [3.63, 3.8) is 0 Å². The first-order chi connectivity index (χ1) is 7.67.